The first kappa shape index (κ1) is 13.6. The molecule has 0 aromatic carbocycles. The normalized spacial score (nSPS) is 13.1. The lowest BCUT2D eigenvalue weighted by Crippen LogP contribution is -2.35. The molecule has 0 fully saturated rings. The van der Waals surface area contributed by atoms with E-state index in [0.717, 1.165) is 19.4 Å². The number of rotatable bonds is 9. The van der Waals surface area contributed by atoms with Gasteiger partial charge in [0.25, 0.3) is 0 Å². The molecule has 0 saturated carbocycles. The zero-order valence-corrected chi connectivity index (χ0v) is 9.96. The van der Waals surface area contributed by atoms with E-state index in [0.29, 0.717) is 12.5 Å². The number of nitrogens with zero attached hydrogens (tertiary/aromatic N) is 1. The highest BCUT2D eigenvalue weighted by molar-refractivity contribution is 5.50. The fraction of sp³-hybridized carbons (Fsp3) is 0.917. The Balaban J connectivity index is 3.86. The van der Waals surface area contributed by atoms with Crippen LogP contribution >= 0.6 is 0 Å². The van der Waals surface area contributed by atoms with Gasteiger partial charge in [0.2, 0.25) is 0 Å². The molecule has 2 nitrogen and oxygen atoms in total. The first-order valence-electron chi connectivity index (χ1n) is 5.93. The van der Waals surface area contributed by atoms with Crippen LogP contribution in [-0.2, 0) is 4.79 Å². The number of hydrogen-bond donors (Lipinski definition) is 0. The van der Waals surface area contributed by atoms with Crippen molar-refractivity contribution >= 4 is 6.29 Å². The Kier molecular flexibility index (Phi) is 8.95. The van der Waals surface area contributed by atoms with Crippen LogP contribution in [0.5, 0.6) is 0 Å². The molecule has 2 heteroatoms. The summed E-state index contributed by atoms with van der Waals surface area (Å²) in [6.07, 6.45) is 6.66. The van der Waals surface area contributed by atoms with Crippen LogP contribution < -0.4 is 0 Å². The molecule has 0 aliphatic heterocycles. The maximum atomic E-state index is 10.4. The molecule has 0 rings (SSSR count). The Morgan fingerprint density at radius 2 is 1.64 bits per heavy atom. The highest BCUT2D eigenvalue weighted by Crippen LogP contribution is 2.06. The Bertz CT molecular complexity index is 128. The van der Waals surface area contributed by atoms with Crippen molar-refractivity contribution in [3.8, 4) is 0 Å². The monoisotopic (exact) mass is 199 g/mol. The van der Waals surface area contributed by atoms with Crippen molar-refractivity contribution in [2.24, 2.45) is 0 Å². The minimum atomic E-state index is 0.422. The smallest absolute Gasteiger partial charge is 0.121 e. The van der Waals surface area contributed by atoms with Crippen LogP contribution in [0.25, 0.3) is 0 Å². The maximum absolute atomic E-state index is 10.4. The van der Waals surface area contributed by atoms with Crippen LogP contribution in [0.4, 0.5) is 0 Å². The number of aldehydes is 1. The summed E-state index contributed by atoms with van der Waals surface area (Å²) in [6.45, 7) is 8.86. The van der Waals surface area contributed by atoms with Gasteiger partial charge in [-0.05, 0) is 32.9 Å². The molecule has 0 heterocycles. The standard InChI is InChI=1S/C12H25NO/c1-4-6-9-13(10-7-5-2)12(3)8-11-14/h11-12H,4-10H2,1-3H3. The fourth-order valence-corrected chi connectivity index (χ4v) is 1.56. The van der Waals surface area contributed by atoms with E-state index in [2.05, 4.69) is 25.7 Å². The second kappa shape index (κ2) is 9.20. The lowest BCUT2D eigenvalue weighted by atomic mass is 10.1. The van der Waals surface area contributed by atoms with Crippen molar-refractivity contribution in [1.82, 2.24) is 4.90 Å². The van der Waals surface area contributed by atoms with Gasteiger partial charge in [0.15, 0.2) is 0 Å². The molecule has 0 aliphatic carbocycles. The van der Waals surface area contributed by atoms with E-state index in [-0.39, 0.29) is 0 Å². The Morgan fingerprint density at radius 1 is 1.14 bits per heavy atom. The molecule has 0 aromatic rings. The topological polar surface area (TPSA) is 20.3 Å². The molecule has 1 atom stereocenters. The van der Waals surface area contributed by atoms with Crippen molar-refractivity contribution in [2.45, 2.75) is 58.9 Å². The highest BCUT2D eigenvalue weighted by atomic mass is 16.1. The minimum absolute atomic E-state index is 0.422. The average molecular weight is 199 g/mol. The molecule has 0 N–H and O–H groups in total. The van der Waals surface area contributed by atoms with E-state index in [1.165, 1.54) is 25.7 Å². The lowest BCUT2D eigenvalue weighted by Gasteiger charge is -2.27. The molecule has 0 radical (unpaired) electrons. The summed E-state index contributed by atoms with van der Waals surface area (Å²) in [5.74, 6) is 0. The van der Waals surface area contributed by atoms with E-state index in [1.54, 1.807) is 0 Å². The van der Waals surface area contributed by atoms with Crippen molar-refractivity contribution < 1.29 is 4.79 Å². The van der Waals surface area contributed by atoms with E-state index in [4.69, 9.17) is 0 Å². The SMILES string of the molecule is CCCCN(CCCC)C(C)CC=O. The quantitative estimate of drug-likeness (QED) is 0.532. The Hall–Kier alpha value is -0.370. The first-order valence-corrected chi connectivity index (χ1v) is 5.93. The zero-order valence-electron chi connectivity index (χ0n) is 9.96. The second-order valence-electron chi connectivity index (χ2n) is 3.99. The van der Waals surface area contributed by atoms with Gasteiger partial charge < -0.3 is 9.69 Å². The summed E-state index contributed by atoms with van der Waals surface area (Å²) in [5, 5.41) is 0. The van der Waals surface area contributed by atoms with Gasteiger partial charge in [-0.1, -0.05) is 26.7 Å². The van der Waals surface area contributed by atoms with Crippen LogP contribution in [0.2, 0.25) is 0 Å². The molecule has 0 aliphatic rings. The first-order chi connectivity index (χ1) is 6.76. The summed E-state index contributed by atoms with van der Waals surface area (Å²) in [5.41, 5.74) is 0. The number of hydrogen-bond acceptors (Lipinski definition) is 2. The Labute approximate surface area is 88.7 Å². The number of carbonyl (C=O) groups is 1. The largest absolute Gasteiger partial charge is 0.303 e. The van der Waals surface area contributed by atoms with Crippen molar-refractivity contribution in [3.63, 3.8) is 0 Å². The van der Waals surface area contributed by atoms with Gasteiger partial charge in [0.1, 0.15) is 6.29 Å². The summed E-state index contributed by atoms with van der Waals surface area (Å²) in [7, 11) is 0. The van der Waals surface area contributed by atoms with E-state index in [9.17, 15) is 4.79 Å². The van der Waals surface area contributed by atoms with Crippen LogP contribution in [0.15, 0.2) is 0 Å². The third kappa shape index (κ3) is 6.14. The van der Waals surface area contributed by atoms with Gasteiger partial charge in [-0.3, -0.25) is 0 Å². The van der Waals surface area contributed by atoms with E-state index >= 15 is 0 Å². The van der Waals surface area contributed by atoms with E-state index < -0.39 is 0 Å². The fourth-order valence-electron chi connectivity index (χ4n) is 1.56. The highest BCUT2D eigenvalue weighted by Gasteiger charge is 2.11. The molecular formula is C12H25NO. The third-order valence-corrected chi connectivity index (χ3v) is 2.66. The molecule has 1 unspecified atom stereocenters. The van der Waals surface area contributed by atoms with Crippen LogP contribution in [0.1, 0.15) is 52.9 Å². The molecule has 0 amide bonds. The molecule has 0 spiro atoms. The minimum Gasteiger partial charge on any atom is -0.303 e. The van der Waals surface area contributed by atoms with Gasteiger partial charge >= 0.3 is 0 Å². The van der Waals surface area contributed by atoms with Gasteiger partial charge in [0.05, 0.1) is 0 Å². The van der Waals surface area contributed by atoms with Crippen LogP contribution in [-0.4, -0.2) is 30.3 Å². The average Bonchev–Trinajstić information content (AvgIpc) is 2.18. The number of carbonyl (C=O) groups excluding carboxylic acids is 1. The molecule has 14 heavy (non-hydrogen) atoms. The van der Waals surface area contributed by atoms with Gasteiger partial charge in [0, 0.05) is 12.5 Å². The van der Waals surface area contributed by atoms with Crippen LogP contribution in [0, 0.1) is 0 Å². The van der Waals surface area contributed by atoms with Gasteiger partial charge in [-0.2, -0.15) is 0 Å². The summed E-state index contributed by atoms with van der Waals surface area (Å²) in [4.78, 5) is 12.9. The van der Waals surface area contributed by atoms with Gasteiger partial charge in [-0.25, -0.2) is 0 Å². The predicted molar refractivity (Wildman–Crippen MR) is 61.5 cm³/mol. The third-order valence-electron chi connectivity index (χ3n) is 2.66. The summed E-state index contributed by atoms with van der Waals surface area (Å²) >= 11 is 0. The summed E-state index contributed by atoms with van der Waals surface area (Å²) in [6, 6.07) is 0.422. The molecule has 0 aromatic heterocycles. The van der Waals surface area contributed by atoms with E-state index in [1.807, 2.05) is 0 Å². The predicted octanol–water partition coefficient (Wildman–Crippen LogP) is 2.87. The van der Waals surface area contributed by atoms with Crippen molar-refractivity contribution in [3.05, 3.63) is 0 Å². The van der Waals surface area contributed by atoms with Gasteiger partial charge in [-0.15, -0.1) is 0 Å². The maximum Gasteiger partial charge on any atom is 0.121 e. The van der Waals surface area contributed by atoms with Crippen LogP contribution in [0.3, 0.4) is 0 Å². The molecule has 0 saturated heterocycles. The zero-order chi connectivity index (χ0) is 10.8. The molecule has 0 bridgehead atoms. The van der Waals surface area contributed by atoms with Crippen molar-refractivity contribution in [1.29, 1.82) is 0 Å². The number of unbranched alkanes of at least 4 members (excludes halogenated alkanes) is 2. The summed E-state index contributed by atoms with van der Waals surface area (Å²) < 4.78 is 0. The molecule has 84 valence electrons. The lowest BCUT2D eigenvalue weighted by molar-refractivity contribution is -0.108. The second-order valence-corrected chi connectivity index (χ2v) is 3.99. The Morgan fingerprint density at radius 3 is 2.00 bits per heavy atom. The van der Waals surface area contributed by atoms with Crippen molar-refractivity contribution in [2.75, 3.05) is 13.1 Å². The molecular weight excluding hydrogens is 174 g/mol.